The monoisotopic (exact) mass is 361 g/mol. The van der Waals surface area contributed by atoms with Crippen LogP contribution in [-0.2, 0) is 4.74 Å². The van der Waals surface area contributed by atoms with Gasteiger partial charge in [0.1, 0.15) is 23.2 Å². The Balaban J connectivity index is 2.04. The number of aliphatic hydroxyl groups is 1. The number of nitrogens with zero attached hydrogens (tertiary/aromatic N) is 3. The van der Waals surface area contributed by atoms with Gasteiger partial charge in [-0.05, 0) is 12.1 Å². The number of aliphatic imine (C=N–C) groups is 1. The second-order valence-electron chi connectivity index (χ2n) is 5.04. The van der Waals surface area contributed by atoms with Gasteiger partial charge in [0.25, 0.3) is 6.02 Å². The van der Waals surface area contributed by atoms with Crippen LogP contribution >= 0.6 is 11.6 Å². The van der Waals surface area contributed by atoms with Crippen molar-refractivity contribution in [1.82, 2.24) is 4.90 Å². The number of ether oxygens (including phenoxy) is 1. The molecule has 2 aliphatic heterocycles. The zero-order valence-electron chi connectivity index (χ0n) is 11.7. The summed E-state index contributed by atoms with van der Waals surface area (Å²) in [6, 6.07) is 3.49. The summed E-state index contributed by atoms with van der Waals surface area (Å²) in [5, 5.41) is 17.9. The summed E-state index contributed by atoms with van der Waals surface area (Å²) in [6.07, 6.45) is -7.12. The summed E-state index contributed by atoms with van der Waals surface area (Å²) >= 11 is 5.67. The molecule has 1 atom stereocenters. The number of amidine groups is 1. The van der Waals surface area contributed by atoms with Gasteiger partial charge in [0, 0.05) is 13.0 Å². The number of nitriles is 1. The highest BCUT2D eigenvalue weighted by molar-refractivity contribution is 6.32. The van der Waals surface area contributed by atoms with E-state index < -0.39 is 40.6 Å². The molecular formula is C14H8ClF4N3O2. The van der Waals surface area contributed by atoms with Crippen molar-refractivity contribution < 1.29 is 27.4 Å². The maximum absolute atomic E-state index is 14.1. The van der Waals surface area contributed by atoms with Crippen molar-refractivity contribution in [3.8, 4) is 6.07 Å². The summed E-state index contributed by atoms with van der Waals surface area (Å²) in [6.45, 7) is 0.0260. The molecule has 0 aromatic heterocycles. The predicted molar refractivity (Wildman–Crippen MR) is 75.1 cm³/mol. The molecule has 0 radical (unpaired) electrons. The molecule has 1 fully saturated rings. The zero-order chi connectivity index (χ0) is 17.6. The van der Waals surface area contributed by atoms with E-state index in [-0.39, 0.29) is 24.2 Å². The number of aliphatic hydroxyl groups excluding tert-OH is 1. The van der Waals surface area contributed by atoms with E-state index in [0.717, 1.165) is 11.0 Å². The molecular weight excluding hydrogens is 354 g/mol. The zero-order valence-corrected chi connectivity index (χ0v) is 12.5. The van der Waals surface area contributed by atoms with Gasteiger partial charge in [0.15, 0.2) is 5.82 Å². The lowest BCUT2D eigenvalue weighted by Crippen LogP contribution is -2.30. The van der Waals surface area contributed by atoms with Gasteiger partial charge in [-0.25, -0.2) is 4.39 Å². The van der Waals surface area contributed by atoms with Gasteiger partial charge in [-0.15, -0.1) is 0 Å². The van der Waals surface area contributed by atoms with Gasteiger partial charge in [-0.2, -0.15) is 23.4 Å². The largest absolute Gasteiger partial charge is 0.510 e. The lowest BCUT2D eigenvalue weighted by Gasteiger charge is -2.14. The third-order valence-corrected chi connectivity index (χ3v) is 3.93. The molecule has 5 nitrogen and oxygen atoms in total. The molecule has 0 amide bonds. The quantitative estimate of drug-likeness (QED) is 0.773. The van der Waals surface area contributed by atoms with Gasteiger partial charge >= 0.3 is 6.18 Å². The third-order valence-electron chi connectivity index (χ3n) is 3.56. The number of rotatable bonds is 1. The molecule has 24 heavy (non-hydrogen) atoms. The Bertz CT molecular complexity index is 813. The minimum atomic E-state index is -4.76. The SMILES string of the molecule is N#Cc1ccc(N=C2O[C@@H](C(F)(F)F)C3=C(O)CCN23)c(F)c1Cl. The first kappa shape index (κ1) is 16.4. The van der Waals surface area contributed by atoms with Crippen LogP contribution in [0.2, 0.25) is 5.02 Å². The van der Waals surface area contributed by atoms with Gasteiger partial charge < -0.3 is 9.84 Å². The van der Waals surface area contributed by atoms with E-state index in [1.165, 1.54) is 6.07 Å². The van der Waals surface area contributed by atoms with Crippen LogP contribution < -0.4 is 0 Å². The molecule has 3 rings (SSSR count). The van der Waals surface area contributed by atoms with E-state index in [1.807, 2.05) is 0 Å². The number of halogens is 5. The lowest BCUT2D eigenvalue weighted by atomic mass is 10.2. The van der Waals surface area contributed by atoms with Gasteiger partial charge in [0.2, 0.25) is 6.10 Å². The predicted octanol–water partition coefficient (Wildman–Crippen LogP) is 3.77. The maximum Gasteiger partial charge on any atom is 0.431 e. The van der Waals surface area contributed by atoms with Crippen molar-refractivity contribution in [2.24, 2.45) is 4.99 Å². The van der Waals surface area contributed by atoms with Crippen molar-refractivity contribution in [2.45, 2.75) is 18.7 Å². The number of fused-ring (bicyclic) bond motifs is 1. The minimum Gasteiger partial charge on any atom is -0.510 e. The Morgan fingerprint density at radius 1 is 1.42 bits per heavy atom. The molecule has 1 saturated heterocycles. The van der Waals surface area contributed by atoms with Crippen LogP contribution in [0.5, 0.6) is 0 Å². The second kappa shape index (κ2) is 5.56. The van der Waals surface area contributed by atoms with Gasteiger partial charge in [0.05, 0.1) is 10.6 Å². The molecule has 0 saturated carbocycles. The van der Waals surface area contributed by atoms with Crippen LogP contribution in [0.25, 0.3) is 0 Å². The Kier molecular flexibility index (Phi) is 3.80. The fraction of sp³-hybridized carbons (Fsp3) is 0.286. The van der Waals surface area contributed by atoms with Crippen molar-refractivity contribution in [3.05, 3.63) is 40.0 Å². The molecule has 0 bridgehead atoms. The average molecular weight is 362 g/mol. The third kappa shape index (κ3) is 2.53. The molecule has 1 N–H and O–H groups in total. The Hall–Kier alpha value is -2.47. The highest BCUT2D eigenvalue weighted by Gasteiger charge is 2.55. The minimum absolute atomic E-state index is 0.000895. The van der Waals surface area contributed by atoms with E-state index in [1.54, 1.807) is 6.07 Å². The molecule has 2 heterocycles. The molecule has 10 heteroatoms. The van der Waals surface area contributed by atoms with Crippen LogP contribution in [-0.4, -0.2) is 34.9 Å². The van der Waals surface area contributed by atoms with Crippen molar-refractivity contribution in [2.75, 3.05) is 6.54 Å². The lowest BCUT2D eigenvalue weighted by molar-refractivity contribution is -0.183. The van der Waals surface area contributed by atoms with E-state index in [9.17, 15) is 22.7 Å². The Labute approximate surface area is 138 Å². The topological polar surface area (TPSA) is 68.8 Å². The fourth-order valence-electron chi connectivity index (χ4n) is 2.46. The molecule has 1 aromatic carbocycles. The number of hydrogen-bond acceptors (Lipinski definition) is 4. The van der Waals surface area contributed by atoms with Crippen LogP contribution in [0.1, 0.15) is 12.0 Å². The summed E-state index contributed by atoms with van der Waals surface area (Å²) in [5.41, 5.74) is -0.943. The van der Waals surface area contributed by atoms with Crippen molar-refractivity contribution >= 4 is 23.3 Å². The second-order valence-corrected chi connectivity index (χ2v) is 5.42. The van der Waals surface area contributed by atoms with Gasteiger partial charge in [-0.3, -0.25) is 4.90 Å². The fourth-order valence-corrected chi connectivity index (χ4v) is 2.66. The molecule has 1 aromatic rings. The number of alkyl halides is 3. The number of benzene rings is 1. The molecule has 0 aliphatic carbocycles. The van der Waals surface area contributed by atoms with E-state index in [2.05, 4.69) is 4.99 Å². The first-order valence-corrected chi connectivity index (χ1v) is 7.01. The molecule has 126 valence electrons. The summed E-state index contributed by atoms with van der Waals surface area (Å²) < 4.78 is 58.0. The average Bonchev–Trinajstić information content (AvgIpc) is 3.06. The molecule has 2 aliphatic rings. The highest BCUT2D eigenvalue weighted by Crippen LogP contribution is 2.41. The van der Waals surface area contributed by atoms with Gasteiger partial charge in [-0.1, -0.05) is 11.6 Å². The van der Waals surface area contributed by atoms with Crippen LogP contribution in [0.15, 0.2) is 28.6 Å². The molecule has 0 spiro atoms. The van der Waals surface area contributed by atoms with Crippen molar-refractivity contribution in [3.63, 3.8) is 0 Å². The maximum atomic E-state index is 14.1. The first-order valence-electron chi connectivity index (χ1n) is 6.63. The van der Waals surface area contributed by atoms with E-state index >= 15 is 0 Å². The van der Waals surface area contributed by atoms with Crippen LogP contribution in [0.3, 0.4) is 0 Å². The summed E-state index contributed by atoms with van der Waals surface area (Å²) in [4.78, 5) is 4.78. The summed E-state index contributed by atoms with van der Waals surface area (Å²) in [5.74, 6) is -1.49. The Morgan fingerprint density at radius 3 is 2.75 bits per heavy atom. The van der Waals surface area contributed by atoms with Crippen LogP contribution in [0, 0.1) is 17.1 Å². The number of hydrogen-bond donors (Lipinski definition) is 1. The Morgan fingerprint density at radius 2 is 2.12 bits per heavy atom. The highest BCUT2D eigenvalue weighted by atomic mass is 35.5. The smallest absolute Gasteiger partial charge is 0.431 e. The normalized spacial score (nSPS) is 21.9. The van der Waals surface area contributed by atoms with Crippen LogP contribution in [0.4, 0.5) is 23.2 Å². The molecule has 0 unspecified atom stereocenters. The summed E-state index contributed by atoms with van der Waals surface area (Å²) in [7, 11) is 0. The first-order chi connectivity index (χ1) is 11.2. The standard InChI is InChI=1S/C14H8ClF4N3O2/c15-9-6(5-20)1-2-7(10(9)16)21-13-22-4-3-8(23)11(22)12(24-13)14(17,18)19/h1-2,12,23H,3-4H2/t12-/m1/s1. The van der Waals surface area contributed by atoms with Crippen molar-refractivity contribution in [1.29, 1.82) is 5.26 Å². The van der Waals surface area contributed by atoms with E-state index in [4.69, 9.17) is 21.6 Å². The van der Waals surface area contributed by atoms with E-state index in [0.29, 0.717) is 0 Å².